The second-order valence-corrected chi connectivity index (χ2v) is 15.4. The molecule has 0 saturated carbocycles. The highest BCUT2D eigenvalue weighted by atomic mass is 16.5. The number of allylic oxidation sites excluding steroid dienone is 2. The number of carbonyl (C=O) groups excluding carboxylic acids is 4. The number of hydrogen-bond donors (Lipinski definition) is 5. The van der Waals surface area contributed by atoms with Gasteiger partial charge in [0, 0.05) is 81.0 Å². The predicted molar refractivity (Wildman–Crippen MR) is 247 cm³/mol. The minimum atomic E-state index is -0.697. The molecule has 0 unspecified atom stereocenters. The number of methoxy groups -OCH3 is 1. The highest BCUT2D eigenvalue weighted by Crippen LogP contribution is 2.37. The van der Waals surface area contributed by atoms with Gasteiger partial charge in [-0.15, -0.1) is 0 Å². The van der Waals surface area contributed by atoms with Gasteiger partial charge < -0.3 is 45.9 Å². The van der Waals surface area contributed by atoms with Crippen LogP contribution in [0.3, 0.4) is 0 Å². The Morgan fingerprint density at radius 1 is 0.758 bits per heavy atom. The van der Waals surface area contributed by atoms with E-state index in [1.165, 1.54) is 12.1 Å². The molecule has 7 rings (SSSR count). The third kappa shape index (κ3) is 9.86. The number of nitrogens with two attached hydrogens (primary N) is 3. The van der Waals surface area contributed by atoms with E-state index in [0.717, 1.165) is 11.4 Å². The summed E-state index contributed by atoms with van der Waals surface area (Å²) in [5, 5.41) is 16.1. The molecule has 0 aliphatic rings. The van der Waals surface area contributed by atoms with E-state index in [1.807, 2.05) is 48.2 Å². The van der Waals surface area contributed by atoms with E-state index in [0.29, 0.717) is 102 Å². The Morgan fingerprint density at radius 3 is 2.09 bits per heavy atom. The number of aromatic nitrogens is 9. The SMILES string of the molecule is CCn1nc(C)cc1C(=O)Nc1nc2cc(C(N)=O)cc(OCCCNC(=O)CN)c2n1C/C=C/Cn1c2nc(-c3cc(C)nn3CC)ncc2c2cc(C(N)=O)cc(OCCCOC)c21. The smallest absolute Gasteiger partial charge is 0.276 e. The van der Waals surface area contributed by atoms with Crippen LogP contribution in [0.1, 0.15) is 69.3 Å². The lowest BCUT2D eigenvalue weighted by Crippen LogP contribution is -2.31. The summed E-state index contributed by atoms with van der Waals surface area (Å²) in [7, 11) is 1.62. The zero-order valence-electron chi connectivity index (χ0n) is 37.6. The van der Waals surface area contributed by atoms with Crippen molar-refractivity contribution in [3.05, 3.63) is 83.0 Å². The van der Waals surface area contributed by atoms with Crippen molar-refractivity contribution >= 4 is 62.5 Å². The summed E-state index contributed by atoms with van der Waals surface area (Å²) < 4.78 is 25.0. The lowest BCUT2D eigenvalue weighted by atomic mass is 10.1. The Balaban J connectivity index is 1.32. The largest absolute Gasteiger partial charge is 0.491 e. The van der Waals surface area contributed by atoms with Crippen molar-refractivity contribution in [3.63, 3.8) is 0 Å². The summed E-state index contributed by atoms with van der Waals surface area (Å²) in [6, 6.07) is 10.0. The van der Waals surface area contributed by atoms with Crippen molar-refractivity contribution in [1.82, 2.24) is 49.0 Å². The molecule has 0 fully saturated rings. The lowest BCUT2D eigenvalue weighted by Gasteiger charge is -2.13. The van der Waals surface area contributed by atoms with Crippen molar-refractivity contribution < 1.29 is 33.4 Å². The minimum absolute atomic E-state index is 0.140. The molecule has 0 aliphatic carbocycles. The molecule has 5 heterocycles. The zero-order chi connectivity index (χ0) is 47.1. The number of anilines is 1. The number of carbonyl (C=O) groups is 4. The number of ether oxygens (including phenoxy) is 3. The van der Waals surface area contributed by atoms with Gasteiger partial charge >= 0.3 is 0 Å². The van der Waals surface area contributed by atoms with E-state index in [4.69, 9.17) is 46.4 Å². The average molecular weight is 903 g/mol. The highest BCUT2D eigenvalue weighted by molar-refractivity contribution is 6.12. The van der Waals surface area contributed by atoms with Gasteiger partial charge in [-0.25, -0.2) is 15.0 Å². The minimum Gasteiger partial charge on any atom is -0.491 e. The van der Waals surface area contributed by atoms with Crippen molar-refractivity contribution in [2.24, 2.45) is 17.2 Å². The van der Waals surface area contributed by atoms with Gasteiger partial charge in [-0.3, -0.25) is 33.9 Å². The maximum Gasteiger partial charge on any atom is 0.276 e. The maximum absolute atomic E-state index is 13.9. The number of imidazole rings is 1. The molecular weight excluding hydrogens is 849 g/mol. The zero-order valence-corrected chi connectivity index (χ0v) is 37.6. The summed E-state index contributed by atoms with van der Waals surface area (Å²) in [4.78, 5) is 65.4. The van der Waals surface area contributed by atoms with E-state index >= 15 is 0 Å². The molecule has 5 aromatic heterocycles. The number of fused-ring (bicyclic) bond motifs is 4. The van der Waals surface area contributed by atoms with Crippen molar-refractivity contribution in [2.45, 2.75) is 66.7 Å². The summed E-state index contributed by atoms with van der Waals surface area (Å²) >= 11 is 0. The molecule has 0 aliphatic heterocycles. The molecule has 21 nitrogen and oxygen atoms in total. The topological polar surface area (TPSA) is 282 Å². The first-order chi connectivity index (χ1) is 31.8. The summed E-state index contributed by atoms with van der Waals surface area (Å²) in [5.74, 6) is -0.703. The number of benzene rings is 2. The number of rotatable bonds is 22. The molecule has 0 atom stereocenters. The second-order valence-electron chi connectivity index (χ2n) is 15.4. The van der Waals surface area contributed by atoms with Gasteiger partial charge in [0.05, 0.1) is 42.2 Å². The monoisotopic (exact) mass is 902 g/mol. The molecular formula is C45H54N14O7. The fraction of sp³-hybridized carbons (Fsp3) is 0.356. The number of hydrogen-bond acceptors (Lipinski definition) is 13. The van der Waals surface area contributed by atoms with Gasteiger partial charge in [-0.05, 0) is 70.5 Å². The molecule has 8 N–H and O–H groups in total. The third-order valence-electron chi connectivity index (χ3n) is 10.7. The maximum atomic E-state index is 13.9. The van der Waals surface area contributed by atoms with Gasteiger partial charge in [0.25, 0.3) is 5.91 Å². The molecule has 0 spiro atoms. The molecule has 7 aromatic rings. The Morgan fingerprint density at radius 2 is 1.41 bits per heavy atom. The first-order valence-corrected chi connectivity index (χ1v) is 21.6. The predicted octanol–water partition coefficient (Wildman–Crippen LogP) is 3.62. The third-order valence-corrected chi connectivity index (χ3v) is 10.7. The molecule has 66 heavy (non-hydrogen) atoms. The average Bonchev–Trinajstić information content (AvgIpc) is 4.06. The molecule has 4 amide bonds. The second kappa shape index (κ2) is 20.5. The van der Waals surface area contributed by atoms with Gasteiger partial charge in [0.15, 0.2) is 5.82 Å². The van der Waals surface area contributed by atoms with Crippen molar-refractivity contribution in [2.75, 3.05) is 45.3 Å². The van der Waals surface area contributed by atoms with Crippen LogP contribution in [0.2, 0.25) is 0 Å². The van der Waals surface area contributed by atoms with Crippen LogP contribution in [0.15, 0.2) is 54.7 Å². The normalized spacial score (nSPS) is 11.6. The van der Waals surface area contributed by atoms with Gasteiger partial charge in [-0.2, -0.15) is 10.2 Å². The number of nitrogens with one attached hydrogen (secondary N) is 2. The number of amides is 4. The van der Waals surface area contributed by atoms with E-state index in [-0.39, 0.29) is 55.0 Å². The first-order valence-electron chi connectivity index (χ1n) is 21.6. The van der Waals surface area contributed by atoms with Crippen LogP contribution in [-0.2, 0) is 35.7 Å². The Kier molecular flexibility index (Phi) is 14.4. The van der Waals surface area contributed by atoms with Crippen LogP contribution >= 0.6 is 0 Å². The summed E-state index contributed by atoms with van der Waals surface area (Å²) in [6.45, 7) is 10.2. The fourth-order valence-corrected chi connectivity index (χ4v) is 7.68. The molecule has 21 heteroatoms. The summed E-state index contributed by atoms with van der Waals surface area (Å²) in [5.41, 5.74) is 22.1. The Hall–Kier alpha value is -7.65. The Bertz CT molecular complexity index is 2980. The molecule has 346 valence electrons. The van der Waals surface area contributed by atoms with E-state index in [2.05, 4.69) is 20.8 Å². The van der Waals surface area contributed by atoms with E-state index < -0.39 is 17.7 Å². The molecule has 0 bridgehead atoms. The molecule has 0 saturated heterocycles. The van der Waals surface area contributed by atoms with Crippen LogP contribution in [0.5, 0.6) is 11.5 Å². The number of aryl methyl sites for hydroxylation is 4. The van der Waals surface area contributed by atoms with Gasteiger partial charge in [0.1, 0.15) is 34.1 Å². The first kappa shape index (κ1) is 46.3. The van der Waals surface area contributed by atoms with Crippen LogP contribution in [0.4, 0.5) is 5.95 Å². The van der Waals surface area contributed by atoms with Gasteiger partial charge in [0.2, 0.25) is 23.7 Å². The fourth-order valence-electron chi connectivity index (χ4n) is 7.68. The van der Waals surface area contributed by atoms with Gasteiger partial charge in [-0.1, -0.05) is 12.2 Å². The standard InChI is InChI=1S/C45H54N14O7/c1-6-58-33(18-26(3)54-58)42-50-25-31-30-20-28(40(47)61)22-35(66-17-11-15-64-5)38(30)56(43(31)52-42)13-8-9-14-57-39-32(51-45(57)53-44(63)34-19-27(4)55-59(34)7-2)21-29(41(48)62)23-36(39)65-16-10-12-49-37(60)24-46/h8-9,18-23,25H,6-7,10-17,24,46H2,1-5H3,(H2,47,61)(H2,48,62)(H,49,60)(H,51,53,63)/b9-8+. The number of nitrogens with zero attached hydrogens (tertiary/aromatic N) is 9. The highest BCUT2D eigenvalue weighted by Gasteiger charge is 2.24. The number of primary amides is 2. The summed E-state index contributed by atoms with van der Waals surface area (Å²) in [6.07, 6.45) is 6.59. The van der Waals surface area contributed by atoms with E-state index in [9.17, 15) is 19.2 Å². The van der Waals surface area contributed by atoms with Crippen LogP contribution in [-0.4, -0.2) is 107 Å². The Labute approximate surface area is 379 Å². The van der Waals surface area contributed by atoms with Crippen LogP contribution < -0.4 is 37.3 Å². The van der Waals surface area contributed by atoms with Crippen molar-refractivity contribution in [1.29, 1.82) is 0 Å². The van der Waals surface area contributed by atoms with E-state index in [1.54, 1.807) is 47.7 Å². The lowest BCUT2D eigenvalue weighted by molar-refractivity contribution is -0.119. The molecule has 2 aromatic carbocycles. The molecule has 0 radical (unpaired) electrons. The quantitative estimate of drug-likeness (QED) is 0.0481. The van der Waals surface area contributed by atoms with Crippen molar-refractivity contribution in [3.8, 4) is 23.0 Å². The van der Waals surface area contributed by atoms with Crippen LogP contribution in [0.25, 0.3) is 44.5 Å². The van der Waals surface area contributed by atoms with Crippen LogP contribution in [0, 0.1) is 13.8 Å².